The van der Waals surface area contributed by atoms with Gasteiger partial charge in [-0.3, -0.25) is 4.79 Å². The smallest absolute Gasteiger partial charge is 0.256 e. The molecule has 22 heavy (non-hydrogen) atoms. The first-order chi connectivity index (χ1) is 10.7. The number of rotatable bonds is 2. The fourth-order valence-corrected chi connectivity index (χ4v) is 2.98. The summed E-state index contributed by atoms with van der Waals surface area (Å²) < 4.78 is 5.68. The number of H-pyrrole nitrogens is 1. The number of carbonyl (C=O) groups is 1. The molecule has 3 aromatic rings. The molecule has 4 heteroatoms. The van der Waals surface area contributed by atoms with Gasteiger partial charge >= 0.3 is 0 Å². The number of aromatic amines is 1. The molecule has 1 amide bonds. The standard InChI is InChI=1S/C18H16N2O2/c1-11-9-12-10-13(5-6-17(12)22-11)20-18(21)15-3-2-4-16-14(15)7-8-19-16/h2-8,10-11,19H,9H2,1H3,(H,20,21). The summed E-state index contributed by atoms with van der Waals surface area (Å²) in [4.78, 5) is 15.7. The first-order valence-corrected chi connectivity index (χ1v) is 7.38. The first-order valence-electron chi connectivity index (χ1n) is 7.38. The van der Waals surface area contributed by atoms with Crippen LogP contribution in [0.5, 0.6) is 5.75 Å². The van der Waals surface area contributed by atoms with Crippen LogP contribution in [0.3, 0.4) is 0 Å². The molecule has 0 fully saturated rings. The molecule has 2 aromatic carbocycles. The minimum Gasteiger partial charge on any atom is -0.490 e. The highest BCUT2D eigenvalue weighted by Gasteiger charge is 2.19. The number of fused-ring (bicyclic) bond motifs is 2. The van der Waals surface area contributed by atoms with Gasteiger partial charge in [0.25, 0.3) is 5.91 Å². The Morgan fingerprint density at radius 3 is 3.09 bits per heavy atom. The maximum Gasteiger partial charge on any atom is 0.256 e. The SMILES string of the molecule is CC1Cc2cc(NC(=O)c3cccc4[nH]ccc34)ccc2O1. The fraction of sp³-hybridized carbons (Fsp3) is 0.167. The summed E-state index contributed by atoms with van der Waals surface area (Å²) in [5.74, 6) is 0.815. The van der Waals surface area contributed by atoms with E-state index in [1.54, 1.807) is 0 Å². The van der Waals surface area contributed by atoms with E-state index in [0.717, 1.165) is 34.3 Å². The highest BCUT2D eigenvalue weighted by Crippen LogP contribution is 2.31. The Kier molecular flexibility index (Phi) is 2.89. The molecule has 0 bridgehead atoms. The Bertz CT molecular complexity index is 866. The molecule has 4 nitrogen and oxygen atoms in total. The van der Waals surface area contributed by atoms with Crippen molar-refractivity contribution in [3.05, 3.63) is 59.8 Å². The lowest BCUT2D eigenvalue weighted by molar-refractivity contribution is 0.102. The number of aromatic nitrogens is 1. The zero-order chi connectivity index (χ0) is 15.1. The van der Waals surface area contributed by atoms with Gasteiger partial charge in [-0.1, -0.05) is 6.07 Å². The van der Waals surface area contributed by atoms with Gasteiger partial charge in [0.1, 0.15) is 11.9 Å². The Labute approximate surface area is 128 Å². The summed E-state index contributed by atoms with van der Waals surface area (Å²) in [5.41, 5.74) is 3.58. The number of benzene rings is 2. The maximum atomic E-state index is 12.5. The van der Waals surface area contributed by atoms with Crippen molar-refractivity contribution >= 4 is 22.5 Å². The number of anilines is 1. The van der Waals surface area contributed by atoms with Gasteiger partial charge in [0.15, 0.2) is 0 Å². The third kappa shape index (κ3) is 2.13. The van der Waals surface area contributed by atoms with E-state index < -0.39 is 0 Å². The van der Waals surface area contributed by atoms with Crippen LogP contribution in [0.25, 0.3) is 10.9 Å². The van der Waals surface area contributed by atoms with Crippen LogP contribution in [0.1, 0.15) is 22.8 Å². The van der Waals surface area contributed by atoms with E-state index in [-0.39, 0.29) is 12.0 Å². The van der Waals surface area contributed by atoms with Gasteiger partial charge in [-0.25, -0.2) is 0 Å². The van der Waals surface area contributed by atoms with Gasteiger partial charge in [0.2, 0.25) is 0 Å². The monoisotopic (exact) mass is 292 g/mol. The van der Waals surface area contributed by atoms with Crippen molar-refractivity contribution in [1.29, 1.82) is 0 Å². The van der Waals surface area contributed by atoms with Gasteiger partial charge < -0.3 is 15.0 Å². The van der Waals surface area contributed by atoms with Crippen LogP contribution in [0.2, 0.25) is 0 Å². The molecule has 0 saturated carbocycles. The molecule has 0 saturated heterocycles. The predicted molar refractivity (Wildman–Crippen MR) is 86.5 cm³/mol. The summed E-state index contributed by atoms with van der Waals surface area (Å²) >= 11 is 0. The molecule has 1 aliphatic heterocycles. The molecule has 0 spiro atoms. The third-order valence-electron chi connectivity index (χ3n) is 3.99. The summed E-state index contributed by atoms with van der Waals surface area (Å²) in [6.45, 7) is 2.05. The van der Waals surface area contributed by atoms with E-state index in [0.29, 0.717) is 5.56 Å². The largest absolute Gasteiger partial charge is 0.490 e. The topological polar surface area (TPSA) is 54.1 Å². The van der Waals surface area contributed by atoms with Crippen molar-refractivity contribution in [2.75, 3.05) is 5.32 Å². The maximum absolute atomic E-state index is 12.5. The molecule has 2 heterocycles. The van der Waals surface area contributed by atoms with Crippen molar-refractivity contribution in [1.82, 2.24) is 4.98 Å². The number of amides is 1. The van der Waals surface area contributed by atoms with E-state index >= 15 is 0 Å². The Morgan fingerprint density at radius 1 is 1.27 bits per heavy atom. The van der Waals surface area contributed by atoms with Crippen molar-refractivity contribution in [2.24, 2.45) is 0 Å². The number of hydrogen-bond acceptors (Lipinski definition) is 2. The van der Waals surface area contributed by atoms with E-state index in [4.69, 9.17) is 4.74 Å². The van der Waals surface area contributed by atoms with E-state index in [2.05, 4.69) is 10.3 Å². The van der Waals surface area contributed by atoms with E-state index in [1.165, 1.54) is 0 Å². The number of ether oxygens (including phenoxy) is 1. The molecule has 2 N–H and O–H groups in total. The molecule has 4 rings (SSSR count). The lowest BCUT2D eigenvalue weighted by Crippen LogP contribution is -2.12. The van der Waals surface area contributed by atoms with E-state index in [1.807, 2.05) is 55.6 Å². The number of nitrogens with one attached hydrogen (secondary N) is 2. The summed E-state index contributed by atoms with van der Waals surface area (Å²) in [5, 5.41) is 3.91. The van der Waals surface area contributed by atoms with Crippen LogP contribution < -0.4 is 10.1 Å². The minimum atomic E-state index is -0.0999. The Balaban J connectivity index is 1.63. The van der Waals surface area contributed by atoms with Crippen LogP contribution in [-0.4, -0.2) is 17.0 Å². The fourth-order valence-electron chi connectivity index (χ4n) is 2.98. The van der Waals surface area contributed by atoms with Crippen LogP contribution in [0, 0.1) is 0 Å². The quantitative estimate of drug-likeness (QED) is 0.756. The first kappa shape index (κ1) is 13.0. The zero-order valence-corrected chi connectivity index (χ0v) is 12.2. The molecule has 1 aliphatic rings. The van der Waals surface area contributed by atoms with Crippen LogP contribution in [0.15, 0.2) is 48.7 Å². The van der Waals surface area contributed by atoms with Crippen molar-refractivity contribution in [3.63, 3.8) is 0 Å². The van der Waals surface area contributed by atoms with Crippen LogP contribution >= 0.6 is 0 Å². The van der Waals surface area contributed by atoms with Crippen LogP contribution in [0.4, 0.5) is 5.69 Å². The van der Waals surface area contributed by atoms with Crippen molar-refractivity contribution in [3.8, 4) is 5.75 Å². The molecule has 1 unspecified atom stereocenters. The summed E-state index contributed by atoms with van der Waals surface area (Å²) in [6.07, 6.45) is 2.93. The molecular formula is C18H16N2O2. The highest BCUT2D eigenvalue weighted by molar-refractivity contribution is 6.12. The predicted octanol–water partition coefficient (Wildman–Crippen LogP) is 3.74. The van der Waals surface area contributed by atoms with Gasteiger partial charge in [-0.2, -0.15) is 0 Å². The minimum absolute atomic E-state index is 0.0999. The number of carbonyl (C=O) groups excluding carboxylic acids is 1. The molecule has 110 valence electrons. The summed E-state index contributed by atoms with van der Waals surface area (Å²) in [7, 11) is 0. The van der Waals surface area contributed by atoms with Crippen molar-refractivity contribution in [2.45, 2.75) is 19.4 Å². The second-order valence-electron chi connectivity index (χ2n) is 5.65. The number of hydrogen-bond donors (Lipinski definition) is 2. The molecular weight excluding hydrogens is 276 g/mol. The molecule has 0 radical (unpaired) electrons. The van der Waals surface area contributed by atoms with Gasteiger partial charge in [-0.15, -0.1) is 0 Å². The normalized spacial score (nSPS) is 16.3. The zero-order valence-electron chi connectivity index (χ0n) is 12.2. The Hall–Kier alpha value is -2.75. The van der Waals surface area contributed by atoms with Crippen LogP contribution in [-0.2, 0) is 6.42 Å². The summed E-state index contributed by atoms with van der Waals surface area (Å²) in [6, 6.07) is 13.4. The van der Waals surface area contributed by atoms with E-state index in [9.17, 15) is 4.79 Å². The highest BCUT2D eigenvalue weighted by atomic mass is 16.5. The van der Waals surface area contributed by atoms with Gasteiger partial charge in [0.05, 0.1) is 0 Å². The average molecular weight is 292 g/mol. The average Bonchev–Trinajstić information content (AvgIpc) is 3.11. The lowest BCUT2D eigenvalue weighted by atomic mass is 10.1. The Morgan fingerprint density at radius 2 is 2.18 bits per heavy atom. The van der Waals surface area contributed by atoms with Crippen molar-refractivity contribution < 1.29 is 9.53 Å². The molecule has 1 atom stereocenters. The second-order valence-corrected chi connectivity index (χ2v) is 5.65. The lowest BCUT2D eigenvalue weighted by Gasteiger charge is -2.08. The molecule has 0 aliphatic carbocycles. The third-order valence-corrected chi connectivity index (χ3v) is 3.99. The second kappa shape index (κ2) is 4.91. The van der Waals surface area contributed by atoms with Gasteiger partial charge in [0, 0.05) is 34.8 Å². The molecule has 1 aromatic heterocycles. The van der Waals surface area contributed by atoms with Gasteiger partial charge in [-0.05, 0) is 48.9 Å².